The predicted molar refractivity (Wildman–Crippen MR) is 130 cm³/mol. The van der Waals surface area contributed by atoms with Crippen molar-refractivity contribution in [2.24, 2.45) is 0 Å². The number of aromatic nitrogens is 6. The molecule has 0 saturated carbocycles. The molecule has 0 amide bonds. The van der Waals surface area contributed by atoms with Crippen LogP contribution in [0, 0.1) is 24.0 Å². The molecule has 0 bridgehead atoms. The zero-order chi connectivity index (χ0) is 24.9. The van der Waals surface area contributed by atoms with Crippen LogP contribution in [0.15, 0.2) is 47.3 Å². The third-order valence-corrected chi connectivity index (χ3v) is 6.01. The minimum Gasteiger partial charge on any atom is -0.494 e. The van der Waals surface area contributed by atoms with Crippen molar-refractivity contribution in [1.29, 1.82) is 0 Å². The van der Waals surface area contributed by atoms with Crippen molar-refractivity contribution < 1.29 is 9.66 Å². The van der Waals surface area contributed by atoms with E-state index in [0.29, 0.717) is 51.2 Å². The van der Waals surface area contributed by atoms with Gasteiger partial charge < -0.3 is 4.74 Å². The van der Waals surface area contributed by atoms with E-state index in [1.807, 2.05) is 6.92 Å². The van der Waals surface area contributed by atoms with E-state index in [1.54, 1.807) is 60.7 Å². The molecule has 0 radical (unpaired) electrons. The molecule has 0 atom stereocenters. The molecule has 35 heavy (non-hydrogen) atoms. The Morgan fingerprint density at radius 1 is 1.11 bits per heavy atom. The molecule has 5 rings (SSSR count). The van der Waals surface area contributed by atoms with Crippen molar-refractivity contribution >= 4 is 34.0 Å². The molecule has 0 fully saturated rings. The summed E-state index contributed by atoms with van der Waals surface area (Å²) in [6.45, 7) is 5.74. The van der Waals surface area contributed by atoms with Crippen LogP contribution in [0.25, 0.3) is 22.4 Å². The molecule has 5 aromatic rings. The van der Waals surface area contributed by atoms with Gasteiger partial charge in [-0.1, -0.05) is 11.6 Å². The van der Waals surface area contributed by atoms with E-state index in [4.69, 9.17) is 16.3 Å². The summed E-state index contributed by atoms with van der Waals surface area (Å²) in [6, 6.07) is 12.1. The lowest BCUT2D eigenvalue weighted by Crippen LogP contribution is -2.22. The lowest BCUT2D eigenvalue weighted by Gasteiger charge is -2.12. The Kier molecular flexibility index (Phi) is 5.48. The number of nitro groups is 1. The highest BCUT2D eigenvalue weighted by Crippen LogP contribution is 2.25. The molecular weight excluding hydrogens is 474 g/mol. The first kappa shape index (κ1) is 22.5. The van der Waals surface area contributed by atoms with Crippen LogP contribution in [-0.4, -0.2) is 40.5 Å². The van der Waals surface area contributed by atoms with Crippen molar-refractivity contribution in [3.63, 3.8) is 0 Å². The van der Waals surface area contributed by atoms with E-state index >= 15 is 0 Å². The second-order valence-electron chi connectivity index (χ2n) is 7.91. The summed E-state index contributed by atoms with van der Waals surface area (Å²) in [5.41, 5.74) is 1.48. The highest BCUT2D eigenvalue weighted by atomic mass is 35.5. The van der Waals surface area contributed by atoms with Gasteiger partial charge >= 0.3 is 5.69 Å². The lowest BCUT2D eigenvalue weighted by molar-refractivity contribution is -0.386. The number of nitrogens with zero attached hydrogens (tertiary/aromatic N) is 7. The first-order valence-electron chi connectivity index (χ1n) is 10.8. The quantitative estimate of drug-likeness (QED) is 0.260. The summed E-state index contributed by atoms with van der Waals surface area (Å²) in [6.07, 6.45) is 0. The van der Waals surface area contributed by atoms with Crippen molar-refractivity contribution in [2.45, 2.75) is 27.3 Å². The molecule has 0 saturated heterocycles. The van der Waals surface area contributed by atoms with E-state index in [0.717, 1.165) is 0 Å². The first-order chi connectivity index (χ1) is 16.8. The van der Waals surface area contributed by atoms with E-state index < -0.39 is 4.92 Å². The molecule has 11 nitrogen and oxygen atoms in total. The molecule has 3 heterocycles. The lowest BCUT2D eigenvalue weighted by atomic mass is 10.2. The number of hydrogen-bond acceptors (Lipinski definition) is 7. The minimum atomic E-state index is -0.450. The summed E-state index contributed by atoms with van der Waals surface area (Å²) in [7, 11) is 0. The number of hydrogen-bond donors (Lipinski definition) is 0. The van der Waals surface area contributed by atoms with Gasteiger partial charge in [0.05, 0.1) is 28.1 Å². The van der Waals surface area contributed by atoms with Gasteiger partial charge in [0.1, 0.15) is 23.7 Å². The number of aryl methyl sites for hydroxylation is 1. The summed E-state index contributed by atoms with van der Waals surface area (Å²) >= 11 is 6.27. The molecular formula is C23H20ClN7O4. The number of benzene rings is 2. The van der Waals surface area contributed by atoms with Crippen LogP contribution in [0.4, 0.5) is 5.69 Å². The molecule has 0 unspecified atom stereocenters. The predicted octanol–water partition coefficient (Wildman–Crippen LogP) is 3.86. The molecule has 0 aliphatic carbocycles. The largest absolute Gasteiger partial charge is 0.494 e. The Morgan fingerprint density at radius 2 is 1.86 bits per heavy atom. The molecule has 3 aromatic heterocycles. The van der Waals surface area contributed by atoms with Gasteiger partial charge in [-0.3, -0.25) is 24.0 Å². The van der Waals surface area contributed by atoms with Crippen LogP contribution in [0.1, 0.15) is 24.1 Å². The fraction of sp³-hybridized carbons (Fsp3) is 0.217. The third-order valence-electron chi connectivity index (χ3n) is 5.77. The van der Waals surface area contributed by atoms with Crippen molar-refractivity contribution in [1.82, 2.24) is 28.9 Å². The number of fused-ring (bicyclic) bond motifs is 3. The molecule has 0 aliphatic heterocycles. The molecule has 0 spiro atoms. The fourth-order valence-corrected chi connectivity index (χ4v) is 4.38. The van der Waals surface area contributed by atoms with Crippen LogP contribution in [0.2, 0.25) is 5.02 Å². The zero-order valence-corrected chi connectivity index (χ0v) is 19.9. The van der Waals surface area contributed by atoms with Gasteiger partial charge in [-0.05, 0) is 63.2 Å². The average Bonchev–Trinajstić information content (AvgIpc) is 3.35. The maximum atomic E-state index is 13.5. The Bertz CT molecular complexity index is 1670. The topological polar surface area (TPSA) is 122 Å². The Hall–Kier alpha value is -4.25. The van der Waals surface area contributed by atoms with E-state index in [2.05, 4.69) is 15.3 Å². The molecule has 2 aromatic carbocycles. The van der Waals surface area contributed by atoms with Gasteiger partial charge in [0.15, 0.2) is 5.82 Å². The van der Waals surface area contributed by atoms with Crippen molar-refractivity contribution in [2.75, 3.05) is 6.61 Å². The molecule has 0 N–H and O–H groups in total. The van der Waals surface area contributed by atoms with Crippen LogP contribution in [0.3, 0.4) is 0 Å². The van der Waals surface area contributed by atoms with Crippen LogP contribution >= 0.6 is 11.6 Å². The average molecular weight is 494 g/mol. The zero-order valence-electron chi connectivity index (χ0n) is 19.1. The van der Waals surface area contributed by atoms with Gasteiger partial charge in [-0.25, -0.2) is 4.57 Å². The second-order valence-corrected chi connectivity index (χ2v) is 8.35. The third kappa shape index (κ3) is 3.69. The van der Waals surface area contributed by atoms with Gasteiger partial charge in [-0.2, -0.15) is 5.10 Å². The first-order valence-corrected chi connectivity index (χ1v) is 11.2. The van der Waals surface area contributed by atoms with Crippen LogP contribution in [0.5, 0.6) is 5.75 Å². The Labute approximate surface area is 203 Å². The normalized spacial score (nSPS) is 11.4. The summed E-state index contributed by atoms with van der Waals surface area (Å²) < 4.78 is 10.2. The van der Waals surface area contributed by atoms with Gasteiger partial charge in [0.2, 0.25) is 5.78 Å². The second kappa shape index (κ2) is 8.51. The minimum absolute atomic E-state index is 0.0435. The van der Waals surface area contributed by atoms with Gasteiger partial charge in [0.25, 0.3) is 5.56 Å². The Balaban J connectivity index is 1.76. The Morgan fingerprint density at radius 3 is 2.51 bits per heavy atom. The number of ether oxygens (including phenoxy) is 1. The van der Waals surface area contributed by atoms with Crippen molar-refractivity contribution in [3.05, 3.63) is 85.2 Å². The van der Waals surface area contributed by atoms with Gasteiger partial charge in [0, 0.05) is 5.02 Å². The molecule has 12 heteroatoms. The monoisotopic (exact) mass is 493 g/mol. The number of rotatable bonds is 6. The van der Waals surface area contributed by atoms with E-state index in [9.17, 15) is 14.9 Å². The van der Waals surface area contributed by atoms with Gasteiger partial charge in [-0.15, -0.1) is 10.2 Å². The van der Waals surface area contributed by atoms with Crippen molar-refractivity contribution in [3.8, 4) is 11.4 Å². The molecule has 0 aliphatic rings. The van der Waals surface area contributed by atoms with E-state index in [-0.39, 0.29) is 23.6 Å². The number of halogens is 1. The SMILES string of the molecule is CCOc1ccc(-n2c(=O)c3ccc(Cl)cc3n3c(Cn4nc(C)c([N+](=O)[O-])c4C)nnc23)cc1. The smallest absolute Gasteiger partial charge is 0.312 e. The summed E-state index contributed by atoms with van der Waals surface area (Å²) in [5.74, 6) is 1.40. The highest BCUT2D eigenvalue weighted by molar-refractivity contribution is 6.31. The van der Waals surface area contributed by atoms with Crippen LogP contribution < -0.4 is 10.3 Å². The van der Waals surface area contributed by atoms with Crippen LogP contribution in [-0.2, 0) is 6.54 Å². The summed E-state index contributed by atoms with van der Waals surface area (Å²) in [4.78, 5) is 24.5. The maximum absolute atomic E-state index is 13.5. The fourth-order valence-electron chi connectivity index (χ4n) is 4.21. The highest BCUT2D eigenvalue weighted by Gasteiger charge is 2.24. The van der Waals surface area contributed by atoms with E-state index in [1.165, 1.54) is 9.25 Å². The molecule has 178 valence electrons. The maximum Gasteiger partial charge on any atom is 0.312 e. The summed E-state index contributed by atoms with van der Waals surface area (Å²) in [5, 5.41) is 25.3. The standard InChI is InChI=1S/C23H20ClN7O4/c1-4-35-17-8-6-16(7-9-17)29-22(32)18-10-5-15(24)11-19(18)30-20(25-26-23(29)30)12-28-14(3)21(31(33)34)13(2)27-28/h5-11H,4,12H2,1-3H3.